The lowest BCUT2D eigenvalue weighted by molar-refractivity contribution is -0.385. The number of nitrogens with one attached hydrogen (secondary N) is 1. The molecule has 1 N–H and O–H groups in total. The van der Waals surface area contributed by atoms with E-state index in [9.17, 15) is 18.5 Å². The Bertz CT molecular complexity index is 1390. The van der Waals surface area contributed by atoms with E-state index in [1.807, 2.05) is 0 Å². The van der Waals surface area contributed by atoms with Gasteiger partial charge in [0, 0.05) is 30.1 Å². The van der Waals surface area contributed by atoms with Gasteiger partial charge in [-0.15, -0.1) is 0 Å². The van der Waals surface area contributed by atoms with E-state index >= 15 is 0 Å². The van der Waals surface area contributed by atoms with Gasteiger partial charge >= 0.3 is 0 Å². The van der Waals surface area contributed by atoms with Gasteiger partial charge in [0.15, 0.2) is 0 Å². The third kappa shape index (κ3) is 4.47. The maximum Gasteiger partial charge on any atom is 0.270 e. The first-order valence-corrected chi connectivity index (χ1v) is 10.9. The number of nitro benzene ring substituents is 1. The normalized spacial score (nSPS) is 11.3. The lowest BCUT2D eigenvalue weighted by atomic mass is 10.1. The Morgan fingerprint density at radius 2 is 1.84 bits per heavy atom. The largest absolute Gasteiger partial charge is 0.339 e. The highest BCUT2D eigenvalue weighted by Gasteiger charge is 2.22. The fraction of sp³-hybridized carbons (Fsp3) is 0.0952. The second-order valence-electron chi connectivity index (χ2n) is 6.89. The molecule has 4 aromatic rings. The Hall–Kier alpha value is -4.12. The Balaban J connectivity index is 1.62. The molecule has 0 spiro atoms. The van der Waals surface area contributed by atoms with Crippen LogP contribution >= 0.6 is 0 Å². The molecule has 0 bridgehead atoms. The van der Waals surface area contributed by atoms with Gasteiger partial charge in [-0.05, 0) is 36.2 Å². The number of aromatic nitrogens is 3. The molecule has 11 heteroatoms. The van der Waals surface area contributed by atoms with Gasteiger partial charge in [0.1, 0.15) is 0 Å². The summed E-state index contributed by atoms with van der Waals surface area (Å²) in [6.45, 7) is 1.57. The van der Waals surface area contributed by atoms with Crippen molar-refractivity contribution in [2.45, 2.75) is 18.2 Å². The summed E-state index contributed by atoms with van der Waals surface area (Å²) in [7, 11) is -4.08. The molecule has 0 aliphatic heterocycles. The van der Waals surface area contributed by atoms with Crippen LogP contribution < -0.4 is 4.72 Å². The standard InChI is InChI=1S/C21H17N5O5S/c1-14-6-7-17(26(27)28)13-19(14)32(29,30)25-18-5-3-2-4-16(18)12-20-23-21(24-31-20)15-8-10-22-11-9-15/h2-11,13,25H,12H2,1H3. The molecule has 0 fully saturated rings. The Morgan fingerprint density at radius 3 is 2.59 bits per heavy atom. The molecule has 0 aliphatic carbocycles. The molecule has 2 heterocycles. The highest BCUT2D eigenvalue weighted by Crippen LogP contribution is 2.27. The lowest BCUT2D eigenvalue weighted by Crippen LogP contribution is -2.16. The van der Waals surface area contributed by atoms with Crippen LogP contribution in [0.3, 0.4) is 0 Å². The molecule has 32 heavy (non-hydrogen) atoms. The molecule has 0 unspecified atom stereocenters. The van der Waals surface area contributed by atoms with Crippen LogP contribution in [-0.4, -0.2) is 28.5 Å². The molecular formula is C21H17N5O5S. The second kappa shape index (κ2) is 8.55. The first kappa shape index (κ1) is 21.1. The van der Waals surface area contributed by atoms with Crippen molar-refractivity contribution in [2.75, 3.05) is 4.72 Å². The van der Waals surface area contributed by atoms with Gasteiger partial charge in [-0.3, -0.25) is 19.8 Å². The Morgan fingerprint density at radius 1 is 1.09 bits per heavy atom. The number of rotatable bonds is 7. The molecule has 0 amide bonds. The lowest BCUT2D eigenvalue weighted by Gasteiger charge is -2.13. The van der Waals surface area contributed by atoms with E-state index in [-0.39, 0.29) is 17.0 Å². The maximum absolute atomic E-state index is 13.0. The van der Waals surface area contributed by atoms with Gasteiger partial charge in [0.05, 0.1) is 21.9 Å². The number of sulfonamides is 1. The van der Waals surface area contributed by atoms with Crippen LogP contribution in [0.15, 0.2) is 76.4 Å². The number of pyridine rings is 1. The van der Waals surface area contributed by atoms with Crippen LogP contribution in [0.5, 0.6) is 0 Å². The van der Waals surface area contributed by atoms with Crippen molar-refractivity contribution in [1.29, 1.82) is 0 Å². The summed E-state index contributed by atoms with van der Waals surface area (Å²) in [5.74, 6) is 0.697. The number of non-ortho nitro benzene ring substituents is 1. The zero-order chi connectivity index (χ0) is 22.7. The van der Waals surface area contributed by atoms with Crippen molar-refractivity contribution in [3.05, 3.63) is 94.1 Å². The van der Waals surface area contributed by atoms with Gasteiger partial charge < -0.3 is 4.52 Å². The van der Waals surface area contributed by atoms with Gasteiger partial charge in [-0.1, -0.05) is 29.4 Å². The predicted molar refractivity (Wildman–Crippen MR) is 115 cm³/mol. The van der Waals surface area contributed by atoms with Crippen LogP contribution in [0, 0.1) is 17.0 Å². The third-order valence-corrected chi connectivity index (χ3v) is 6.19. The maximum atomic E-state index is 13.0. The van der Waals surface area contributed by atoms with Gasteiger partial charge in [-0.25, -0.2) is 8.42 Å². The first-order chi connectivity index (χ1) is 15.3. The van der Waals surface area contributed by atoms with Crippen LogP contribution in [0.25, 0.3) is 11.4 Å². The number of aryl methyl sites for hydroxylation is 1. The molecule has 162 valence electrons. The number of hydrogen-bond donors (Lipinski definition) is 1. The van der Waals surface area contributed by atoms with E-state index in [2.05, 4.69) is 19.8 Å². The highest BCUT2D eigenvalue weighted by atomic mass is 32.2. The Labute approximate surface area is 183 Å². The van der Waals surface area contributed by atoms with Crippen molar-refractivity contribution >= 4 is 21.4 Å². The van der Waals surface area contributed by atoms with Gasteiger partial charge in [-0.2, -0.15) is 4.98 Å². The molecule has 2 aromatic heterocycles. The summed E-state index contributed by atoms with van der Waals surface area (Å²) in [6, 6.07) is 14.0. The average Bonchev–Trinajstić information content (AvgIpc) is 3.24. The van der Waals surface area contributed by atoms with E-state index < -0.39 is 14.9 Å². The number of anilines is 1. The molecule has 0 atom stereocenters. The summed E-state index contributed by atoms with van der Waals surface area (Å²) in [6.07, 6.45) is 3.42. The number of benzene rings is 2. The fourth-order valence-electron chi connectivity index (χ4n) is 3.07. The van der Waals surface area contributed by atoms with Crippen molar-refractivity contribution < 1.29 is 17.9 Å². The van der Waals surface area contributed by atoms with Crippen molar-refractivity contribution in [1.82, 2.24) is 15.1 Å². The summed E-state index contributed by atoms with van der Waals surface area (Å²) < 4.78 is 33.8. The van der Waals surface area contributed by atoms with Gasteiger partial charge in [0.2, 0.25) is 11.7 Å². The van der Waals surface area contributed by atoms with Crippen molar-refractivity contribution in [3.63, 3.8) is 0 Å². The Kier molecular flexibility index (Phi) is 5.65. The number of para-hydroxylation sites is 1. The first-order valence-electron chi connectivity index (χ1n) is 9.42. The molecule has 0 saturated carbocycles. The molecule has 0 aliphatic rings. The summed E-state index contributed by atoms with van der Waals surface area (Å²) in [5.41, 5.74) is 1.73. The van der Waals surface area contributed by atoms with Crippen LogP contribution in [-0.2, 0) is 16.4 Å². The number of hydrogen-bond acceptors (Lipinski definition) is 8. The summed E-state index contributed by atoms with van der Waals surface area (Å²) in [5, 5.41) is 15.0. The topological polar surface area (TPSA) is 141 Å². The predicted octanol–water partition coefficient (Wildman–Crippen LogP) is 3.74. The quantitative estimate of drug-likeness (QED) is 0.331. The number of nitro groups is 1. The molecular weight excluding hydrogens is 434 g/mol. The summed E-state index contributed by atoms with van der Waals surface area (Å²) in [4.78, 5) is 18.6. The van der Waals surface area contributed by atoms with Crippen LogP contribution in [0.1, 0.15) is 17.0 Å². The summed E-state index contributed by atoms with van der Waals surface area (Å²) >= 11 is 0. The minimum absolute atomic E-state index is 0.167. The molecule has 2 aromatic carbocycles. The molecule has 0 saturated heterocycles. The zero-order valence-electron chi connectivity index (χ0n) is 16.8. The van der Waals surface area contributed by atoms with E-state index in [4.69, 9.17) is 4.52 Å². The van der Waals surface area contributed by atoms with E-state index in [1.165, 1.54) is 12.1 Å². The minimum atomic E-state index is -4.08. The third-order valence-electron chi connectivity index (χ3n) is 4.68. The fourth-order valence-corrected chi connectivity index (χ4v) is 4.44. The van der Waals surface area contributed by atoms with Crippen LogP contribution in [0.4, 0.5) is 11.4 Å². The second-order valence-corrected chi connectivity index (χ2v) is 8.54. The van der Waals surface area contributed by atoms with Gasteiger partial charge in [0.25, 0.3) is 15.7 Å². The average molecular weight is 451 g/mol. The monoisotopic (exact) mass is 451 g/mol. The van der Waals surface area contributed by atoms with Crippen molar-refractivity contribution in [3.8, 4) is 11.4 Å². The van der Waals surface area contributed by atoms with Crippen molar-refractivity contribution in [2.24, 2.45) is 0 Å². The highest BCUT2D eigenvalue weighted by molar-refractivity contribution is 7.92. The van der Waals surface area contributed by atoms with E-state index in [0.29, 0.717) is 28.5 Å². The molecule has 0 radical (unpaired) electrons. The molecule has 10 nitrogen and oxygen atoms in total. The van der Waals surface area contributed by atoms with Crippen LogP contribution in [0.2, 0.25) is 0 Å². The SMILES string of the molecule is Cc1ccc([N+](=O)[O-])cc1S(=O)(=O)Nc1ccccc1Cc1nc(-c2ccncc2)no1. The minimum Gasteiger partial charge on any atom is -0.339 e. The smallest absolute Gasteiger partial charge is 0.270 e. The zero-order valence-corrected chi connectivity index (χ0v) is 17.6. The van der Waals surface area contributed by atoms with E-state index in [0.717, 1.165) is 11.6 Å². The molecule has 4 rings (SSSR count). The number of nitrogens with zero attached hydrogens (tertiary/aromatic N) is 4. The van der Waals surface area contributed by atoms with E-state index in [1.54, 1.807) is 55.7 Å².